The molecule has 65 heavy (non-hydrogen) atoms. The van der Waals surface area contributed by atoms with Crippen LogP contribution in [0.25, 0.3) is 0 Å². The zero-order valence-electron chi connectivity index (χ0n) is 39.7. The Morgan fingerprint density at radius 2 is 0.846 bits per heavy atom. The fraction of sp³-hybridized carbons (Fsp3) is 0.872. The van der Waals surface area contributed by atoms with Gasteiger partial charge in [0.25, 0.3) is 0 Å². The first-order valence-corrected chi connectivity index (χ1v) is 27.9. The molecule has 0 spiro atoms. The van der Waals surface area contributed by atoms with E-state index in [-0.39, 0.29) is 12.8 Å². The lowest BCUT2D eigenvalue weighted by atomic mass is 9.85. The van der Waals surface area contributed by atoms with Gasteiger partial charge in [-0.3, -0.25) is 23.2 Å². The summed E-state index contributed by atoms with van der Waals surface area (Å²) in [6.07, 6.45) is 25.5. The minimum atomic E-state index is -5.36. The topological polar surface area (TPSA) is 256 Å². The van der Waals surface area contributed by atoms with Crippen LogP contribution < -0.4 is 0 Å². The van der Waals surface area contributed by atoms with E-state index in [0.717, 1.165) is 103 Å². The van der Waals surface area contributed by atoms with Gasteiger partial charge in [-0.2, -0.15) is 0 Å². The van der Waals surface area contributed by atoms with Crippen molar-refractivity contribution < 1.29 is 76.9 Å². The first-order chi connectivity index (χ1) is 31.1. The number of hydrogen-bond acceptors (Lipinski definition) is 13. The van der Waals surface area contributed by atoms with Crippen LogP contribution in [-0.2, 0) is 41.8 Å². The molecule has 0 aliphatic heterocycles. The number of phosphoric ester groups is 2. The van der Waals surface area contributed by atoms with Crippen LogP contribution in [0.2, 0.25) is 0 Å². The van der Waals surface area contributed by atoms with Gasteiger partial charge in [-0.05, 0) is 64.2 Å². The molecule has 1 fully saturated rings. The number of carbonyl (C=O) groups excluding carboxylic acids is 2. The molecule has 7 N–H and O–H groups in total. The summed E-state index contributed by atoms with van der Waals surface area (Å²) in [6, 6.07) is 0. The van der Waals surface area contributed by atoms with E-state index in [1.54, 1.807) is 0 Å². The second-order valence-corrected chi connectivity index (χ2v) is 20.1. The molecule has 0 saturated heterocycles. The van der Waals surface area contributed by atoms with Crippen LogP contribution in [0.4, 0.5) is 0 Å². The molecule has 0 bridgehead atoms. The number of phosphoric acid groups is 2. The van der Waals surface area contributed by atoms with Gasteiger partial charge in [0.15, 0.2) is 6.10 Å². The summed E-state index contributed by atoms with van der Waals surface area (Å²) in [6.45, 7) is 3.10. The number of aliphatic hydroxyl groups excluding tert-OH is 4. The van der Waals surface area contributed by atoms with E-state index in [4.69, 9.17) is 18.5 Å². The number of ether oxygens (including phenoxy) is 2. The Morgan fingerprint density at radius 3 is 1.28 bits per heavy atom. The molecule has 382 valence electrons. The third-order valence-corrected chi connectivity index (χ3v) is 13.0. The van der Waals surface area contributed by atoms with Crippen molar-refractivity contribution in [2.75, 3.05) is 13.2 Å². The quantitative estimate of drug-likeness (QED) is 0.0130. The molecule has 0 radical (unpaired) electrons. The van der Waals surface area contributed by atoms with Gasteiger partial charge >= 0.3 is 27.6 Å². The van der Waals surface area contributed by atoms with Gasteiger partial charge in [0.05, 0.1) is 6.61 Å². The number of allylic oxidation sites excluding steroid dienone is 4. The summed E-state index contributed by atoms with van der Waals surface area (Å²) < 4.78 is 49.4. The molecule has 1 aliphatic carbocycles. The van der Waals surface area contributed by atoms with Crippen molar-refractivity contribution in [3.05, 3.63) is 24.3 Å². The number of carbonyl (C=O) groups is 2. The van der Waals surface area contributed by atoms with Crippen molar-refractivity contribution >= 4 is 27.6 Å². The highest BCUT2D eigenvalue weighted by Gasteiger charge is 2.54. The standard InChI is InChI=1S/C47H88O16P2/c1-3-5-7-9-11-13-15-17-19-20-22-23-25-27-29-31-33-35-40(48)59-37-39(61-41(49)36-34-32-30-28-26-24-21-18-16-14-12-10-8-6-4-2)38-60-65(57,58)63-47-44(52)42(50)43(51)46(45(47)53)62-64(54,55)56/h14,16-17,19,39,42-47,50-53H,3-13,15,18,20-38H2,1-2H3,(H,57,58)(H2,54,55,56). The van der Waals surface area contributed by atoms with Crippen LogP contribution in [0, 0.1) is 0 Å². The predicted octanol–water partition coefficient (Wildman–Crippen LogP) is 9.73. The molecule has 0 heterocycles. The summed E-state index contributed by atoms with van der Waals surface area (Å²) in [5.74, 6) is -1.21. The lowest BCUT2D eigenvalue weighted by molar-refractivity contribution is -0.216. The first-order valence-electron chi connectivity index (χ1n) is 24.9. The van der Waals surface area contributed by atoms with E-state index in [9.17, 15) is 53.8 Å². The molecule has 0 aromatic rings. The average molecular weight is 971 g/mol. The van der Waals surface area contributed by atoms with Crippen LogP contribution in [-0.4, -0.2) is 103 Å². The first kappa shape index (κ1) is 61.5. The average Bonchev–Trinajstić information content (AvgIpc) is 3.26. The van der Waals surface area contributed by atoms with Crippen LogP contribution in [0.5, 0.6) is 0 Å². The van der Waals surface area contributed by atoms with Crippen LogP contribution in [0.1, 0.15) is 206 Å². The molecule has 18 heteroatoms. The van der Waals surface area contributed by atoms with E-state index in [0.29, 0.717) is 12.8 Å². The fourth-order valence-corrected chi connectivity index (χ4v) is 9.14. The van der Waals surface area contributed by atoms with Crippen molar-refractivity contribution in [3.8, 4) is 0 Å². The Morgan fingerprint density at radius 1 is 0.477 bits per heavy atom. The van der Waals surface area contributed by atoms with Gasteiger partial charge in [-0.25, -0.2) is 9.13 Å². The van der Waals surface area contributed by atoms with E-state index in [1.165, 1.54) is 64.2 Å². The number of rotatable bonds is 42. The normalized spacial score (nSPS) is 21.8. The monoisotopic (exact) mass is 971 g/mol. The Labute approximate surface area is 390 Å². The Hall–Kier alpha value is -1.52. The largest absolute Gasteiger partial charge is 0.472 e. The molecule has 8 unspecified atom stereocenters. The third-order valence-electron chi connectivity index (χ3n) is 11.5. The van der Waals surface area contributed by atoms with E-state index >= 15 is 0 Å². The fourth-order valence-electron chi connectivity index (χ4n) is 7.60. The maximum atomic E-state index is 13.0. The number of unbranched alkanes of at least 4 members (excludes halogenated alkanes) is 24. The summed E-state index contributed by atoms with van der Waals surface area (Å²) in [5, 5.41) is 41.3. The molecule has 0 aromatic carbocycles. The molecule has 0 amide bonds. The zero-order valence-corrected chi connectivity index (χ0v) is 41.5. The molecular weight excluding hydrogens is 882 g/mol. The molecule has 1 saturated carbocycles. The minimum Gasteiger partial charge on any atom is -0.462 e. The zero-order chi connectivity index (χ0) is 48.2. The van der Waals surface area contributed by atoms with Crippen molar-refractivity contribution in [2.24, 2.45) is 0 Å². The second kappa shape index (κ2) is 38.3. The Bertz CT molecular complexity index is 1360. The van der Waals surface area contributed by atoms with Crippen LogP contribution >= 0.6 is 15.6 Å². The van der Waals surface area contributed by atoms with Crippen molar-refractivity contribution in [1.29, 1.82) is 0 Å². The summed E-state index contributed by atoms with van der Waals surface area (Å²) in [5.41, 5.74) is 0. The molecule has 1 aliphatic rings. The van der Waals surface area contributed by atoms with Crippen molar-refractivity contribution in [3.63, 3.8) is 0 Å². The smallest absolute Gasteiger partial charge is 0.462 e. The highest BCUT2D eigenvalue weighted by Crippen LogP contribution is 2.49. The van der Waals surface area contributed by atoms with Crippen molar-refractivity contribution in [2.45, 2.75) is 249 Å². The molecule has 1 rings (SSSR count). The van der Waals surface area contributed by atoms with Gasteiger partial charge in [-0.15, -0.1) is 0 Å². The minimum absolute atomic E-state index is 0.0401. The Balaban J connectivity index is 2.56. The number of aliphatic hydroxyl groups is 4. The third kappa shape index (κ3) is 32.8. The van der Waals surface area contributed by atoms with Crippen molar-refractivity contribution in [1.82, 2.24) is 0 Å². The highest BCUT2D eigenvalue weighted by atomic mass is 31.2. The molecule has 0 aromatic heterocycles. The Kier molecular flexibility index (Phi) is 36.3. The van der Waals surface area contributed by atoms with Gasteiger partial charge in [-0.1, -0.05) is 154 Å². The van der Waals surface area contributed by atoms with Gasteiger partial charge in [0.2, 0.25) is 0 Å². The number of hydrogen-bond donors (Lipinski definition) is 7. The number of esters is 2. The van der Waals surface area contributed by atoms with E-state index < -0.39 is 83.5 Å². The van der Waals surface area contributed by atoms with Crippen LogP contribution in [0.3, 0.4) is 0 Å². The maximum absolute atomic E-state index is 13.0. The summed E-state index contributed by atoms with van der Waals surface area (Å²) >= 11 is 0. The summed E-state index contributed by atoms with van der Waals surface area (Å²) in [4.78, 5) is 54.3. The lowest BCUT2D eigenvalue weighted by Gasteiger charge is -2.43. The summed E-state index contributed by atoms with van der Waals surface area (Å²) in [7, 11) is -10.7. The van der Waals surface area contributed by atoms with E-state index in [1.807, 2.05) is 0 Å². The SMILES string of the molecule is CCCCCCC=CCCCCCCCCCC(=O)OC(COC(=O)CCCCCCCCCC=CCCCCCCCC)COP(=O)(O)OC1C(O)C(O)C(O)C(OP(=O)(O)O)C1O. The van der Waals surface area contributed by atoms with E-state index in [2.05, 4.69) is 42.7 Å². The molecule has 16 nitrogen and oxygen atoms in total. The maximum Gasteiger partial charge on any atom is 0.472 e. The van der Waals surface area contributed by atoms with Gasteiger partial charge in [0.1, 0.15) is 43.2 Å². The van der Waals surface area contributed by atoms with Gasteiger partial charge < -0.3 is 44.6 Å². The van der Waals surface area contributed by atoms with Crippen LogP contribution in [0.15, 0.2) is 24.3 Å². The predicted molar refractivity (Wildman–Crippen MR) is 251 cm³/mol. The molecule has 8 atom stereocenters. The second-order valence-electron chi connectivity index (χ2n) is 17.5. The highest BCUT2D eigenvalue weighted by molar-refractivity contribution is 7.47. The molecular formula is C47H88O16P2. The lowest BCUT2D eigenvalue weighted by Crippen LogP contribution is -2.64. The van der Waals surface area contributed by atoms with Gasteiger partial charge in [0, 0.05) is 12.8 Å².